The molecule has 0 aliphatic carbocycles. The molecule has 1 rings (SSSR count). The number of nitrogens with zero attached hydrogens (tertiary/aromatic N) is 1. The number of rotatable bonds is 10. The first-order chi connectivity index (χ1) is 9.97. The lowest BCUT2D eigenvalue weighted by atomic mass is 10.1. The second-order valence-corrected chi connectivity index (χ2v) is 8.11. The Kier molecular flexibility index (Phi) is 8.78. The Bertz CT molecular complexity index is 371. The van der Waals surface area contributed by atoms with Crippen molar-refractivity contribution in [2.24, 2.45) is 5.92 Å². The lowest BCUT2D eigenvalue weighted by Gasteiger charge is -2.34. The van der Waals surface area contributed by atoms with E-state index < -0.39 is 10.2 Å². The molecule has 0 aromatic rings. The van der Waals surface area contributed by atoms with Crippen molar-refractivity contribution in [2.45, 2.75) is 65.3 Å². The van der Waals surface area contributed by atoms with E-state index in [0.29, 0.717) is 19.0 Å². The third-order valence-corrected chi connectivity index (χ3v) is 5.60. The van der Waals surface area contributed by atoms with Gasteiger partial charge in [0.25, 0.3) is 10.2 Å². The summed E-state index contributed by atoms with van der Waals surface area (Å²) in [5, 5.41) is 3.36. The van der Waals surface area contributed by atoms with Gasteiger partial charge >= 0.3 is 0 Å². The van der Waals surface area contributed by atoms with E-state index in [0.717, 1.165) is 51.6 Å². The zero-order chi connectivity index (χ0) is 15.7. The van der Waals surface area contributed by atoms with Crippen LogP contribution in [0.4, 0.5) is 0 Å². The van der Waals surface area contributed by atoms with Crippen LogP contribution in [0, 0.1) is 5.92 Å². The minimum Gasteiger partial charge on any atom is -0.315 e. The van der Waals surface area contributed by atoms with E-state index in [9.17, 15) is 8.42 Å². The maximum absolute atomic E-state index is 12.5. The van der Waals surface area contributed by atoms with E-state index in [-0.39, 0.29) is 6.04 Å². The molecule has 0 amide bonds. The van der Waals surface area contributed by atoms with Gasteiger partial charge in [0.15, 0.2) is 0 Å². The zero-order valence-electron chi connectivity index (χ0n) is 13.9. The van der Waals surface area contributed by atoms with Crippen LogP contribution in [0.5, 0.6) is 0 Å². The minimum absolute atomic E-state index is 0.105. The average molecular weight is 320 g/mol. The van der Waals surface area contributed by atoms with E-state index in [1.807, 2.05) is 0 Å². The van der Waals surface area contributed by atoms with Crippen molar-refractivity contribution in [1.29, 1.82) is 0 Å². The molecule has 1 saturated heterocycles. The molecule has 1 heterocycles. The fourth-order valence-electron chi connectivity index (χ4n) is 2.73. The molecule has 1 aliphatic heterocycles. The molecule has 0 bridgehead atoms. The molecule has 1 unspecified atom stereocenters. The summed E-state index contributed by atoms with van der Waals surface area (Å²) in [4.78, 5) is 0. The first-order valence-corrected chi connectivity index (χ1v) is 9.88. The third kappa shape index (κ3) is 7.08. The smallest absolute Gasteiger partial charge is 0.279 e. The van der Waals surface area contributed by atoms with E-state index in [1.54, 1.807) is 4.31 Å². The Hall–Kier alpha value is -0.170. The molecule has 0 aromatic carbocycles. The van der Waals surface area contributed by atoms with Crippen molar-refractivity contribution in [3.05, 3.63) is 0 Å². The predicted octanol–water partition coefficient (Wildman–Crippen LogP) is 2.11. The highest BCUT2D eigenvalue weighted by atomic mass is 32.2. The summed E-state index contributed by atoms with van der Waals surface area (Å²) in [5.74, 6) is 0.621. The van der Waals surface area contributed by atoms with Crippen LogP contribution in [0.3, 0.4) is 0 Å². The molecule has 5 nitrogen and oxygen atoms in total. The van der Waals surface area contributed by atoms with Crippen LogP contribution in [-0.2, 0) is 10.2 Å². The molecule has 0 saturated carbocycles. The first-order valence-electron chi connectivity index (χ1n) is 8.44. The van der Waals surface area contributed by atoms with Gasteiger partial charge in [0, 0.05) is 25.7 Å². The molecule has 2 N–H and O–H groups in total. The quantitative estimate of drug-likeness (QED) is 0.606. The summed E-state index contributed by atoms with van der Waals surface area (Å²) < 4.78 is 29.4. The van der Waals surface area contributed by atoms with Gasteiger partial charge < -0.3 is 5.32 Å². The third-order valence-electron chi connectivity index (χ3n) is 3.93. The van der Waals surface area contributed by atoms with Gasteiger partial charge in [-0.25, -0.2) is 4.72 Å². The summed E-state index contributed by atoms with van der Waals surface area (Å²) in [6.45, 7) is 9.36. The fourth-order valence-corrected chi connectivity index (χ4v) is 4.24. The van der Waals surface area contributed by atoms with Gasteiger partial charge in [-0.3, -0.25) is 0 Å². The molecule has 1 aliphatic rings. The van der Waals surface area contributed by atoms with Gasteiger partial charge in [0.05, 0.1) is 0 Å². The number of nitrogens with one attached hydrogen (secondary N) is 2. The SMILES string of the molecule is CCCNCC1CCCCN1S(=O)(=O)NCCCC(C)C. The fraction of sp³-hybridized carbons (Fsp3) is 1.00. The van der Waals surface area contributed by atoms with E-state index >= 15 is 0 Å². The number of piperidine rings is 1. The van der Waals surface area contributed by atoms with Crippen molar-refractivity contribution in [2.75, 3.05) is 26.2 Å². The van der Waals surface area contributed by atoms with Crippen LogP contribution in [0.15, 0.2) is 0 Å². The molecular formula is C15H33N3O2S. The van der Waals surface area contributed by atoms with Crippen LogP contribution in [-0.4, -0.2) is 44.9 Å². The molecule has 0 aromatic heterocycles. The van der Waals surface area contributed by atoms with Gasteiger partial charge in [0.1, 0.15) is 0 Å². The highest BCUT2D eigenvalue weighted by Crippen LogP contribution is 2.19. The maximum atomic E-state index is 12.5. The van der Waals surface area contributed by atoms with Crippen molar-refractivity contribution in [3.63, 3.8) is 0 Å². The minimum atomic E-state index is -3.32. The highest BCUT2D eigenvalue weighted by molar-refractivity contribution is 7.87. The maximum Gasteiger partial charge on any atom is 0.279 e. The van der Waals surface area contributed by atoms with E-state index in [4.69, 9.17) is 0 Å². The van der Waals surface area contributed by atoms with Crippen molar-refractivity contribution >= 4 is 10.2 Å². The Morgan fingerprint density at radius 1 is 1.24 bits per heavy atom. The number of hydrogen-bond acceptors (Lipinski definition) is 3. The summed E-state index contributed by atoms with van der Waals surface area (Å²) in [6, 6.07) is 0.105. The molecule has 21 heavy (non-hydrogen) atoms. The summed E-state index contributed by atoms with van der Waals surface area (Å²) in [7, 11) is -3.32. The van der Waals surface area contributed by atoms with Crippen LogP contribution in [0.2, 0.25) is 0 Å². The normalized spacial score (nSPS) is 21.0. The van der Waals surface area contributed by atoms with Gasteiger partial charge in [-0.05, 0) is 44.6 Å². The van der Waals surface area contributed by atoms with Crippen molar-refractivity contribution in [1.82, 2.24) is 14.3 Å². The standard InChI is InChI=1S/C15H33N3O2S/c1-4-10-16-13-15-9-5-6-12-18(15)21(19,20)17-11-7-8-14(2)3/h14-17H,4-13H2,1-3H3. The summed E-state index contributed by atoms with van der Waals surface area (Å²) in [6.07, 6.45) is 6.10. The highest BCUT2D eigenvalue weighted by Gasteiger charge is 2.31. The second kappa shape index (κ2) is 9.77. The zero-order valence-corrected chi connectivity index (χ0v) is 14.7. The molecule has 1 fully saturated rings. The van der Waals surface area contributed by atoms with Gasteiger partial charge in [-0.2, -0.15) is 12.7 Å². The Balaban J connectivity index is 2.48. The lowest BCUT2D eigenvalue weighted by molar-refractivity contribution is 0.243. The molecule has 126 valence electrons. The van der Waals surface area contributed by atoms with E-state index in [1.165, 1.54) is 0 Å². The average Bonchev–Trinajstić information content (AvgIpc) is 2.44. The van der Waals surface area contributed by atoms with Crippen LogP contribution in [0.1, 0.15) is 59.3 Å². The molecular weight excluding hydrogens is 286 g/mol. The van der Waals surface area contributed by atoms with Crippen molar-refractivity contribution < 1.29 is 8.42 Å². The molecule has 0 spiro atoms. The van der Waals surface area contributed by atoms with Crippen LogP contribution < -0.4 is 10.0 Å². The Morgan fingerprint density at radius 3 is 2.67 bits per heavy atom. The van der Waals surface area contributed by atoms with Gasteiger partial charge in [-0.1, -0.05) is 27.2 Å². The molecule has 6 heteroatoms. The first kappa shape index (κ1) is 18.9. The van der Waals surface area contributed by atoms with Crippen LogP contribution >= 0.6 is 0 Å². The number of hydrogen-bond donors (Lipinski definition) is 2. The topological polar surface area (TPSA) is 61.4 Å². The van der Waals surface area contributed by atoms with Gasteiger partial charge in [-0.15, -0.1) is 0 Å². The Labute approximate surface area is 131 Å². The van der Waals surface area contributed by atoms with Crippen molar-refractivity contribution in [3.8, 4) is 0 Å². The lowest BCUT2D eigenvalue weighted by Crippen LogP contribution is -2.52. The predicted molar refractivity (Wildman–Crippen MR) is 88.5 cm³/mol. The monoisotopic (exact) mass is 319 g/mol. The van der Waals surface area contributed by atoms with Gasteiger partial charge in [0.2, 0.25) is 0 Å². The Morgan fingerprint density at radius 2 is 2.00 bits per heavy atom. The summed E-state index contributed by atoms with van der Waals surface area (Å²) >= 11 is 0. The molecule has 0 radical (unpaired) electrons. The second-order valence-electron chi connectivity index (χ2n) is 6.40. The summed E-state index contributed by atoms with van der Waals surface area (Å²) in [5.41, 5.74) is 0. The molecule has 1 atom stereocenters. The largest absolute Gasteiger partial charge is 0.315 e. The van der Waals surface area contributed by atoms with Crippen LogP contribution in [0.25, 0.3) is 0 Å². The van der Waals surface area contributed by atoms with E-state index in [2.05, 4.69) is 30.8 Å².